The molecule has 6 nitrogen and oxygen atoms in total. The van der Waals surface area contributed by atoms with Gasteiger partial charge in [0.15, 0.2) is 6.61 Å². The Morgan fingerprint density at radius 1 is 1.10 bits per heavy atom. The second kappa shape index (κ2) is 9.26. The second-order valence-electron chi connectivity index (χ2n) is 7.85. The lowest BCUT2D eigenvalue weighted by atomic mass is 10.1. The summed E-state index contributed by atoms with van der Waals surface area (Å²) >= 11 is 0. The van der Waals surface area contributed by atoms with Crippen molar-refractivity contribution in [3.8, 4) is 5.75 Å². The largest absolute Gasteiger partial charge is 0.483 e. The first kappa shape index (κ1) is 21.8. The molecule has 0 aliphatic carbocycles. The maximum absolute atomic E-state index is 13.1. The van der Waals surface area contributed by atoms with Crippen LogP contribution in [0.25, 0.3) is 0 Å². The number of rotatable bonds is 6. The van der Waals surface area contributed by atoms with Crippen LogP contribution in [0.2, 0.25) is 0 Å². The van der Waals surface area contributed by atoms with Crippen LogP contribution in [0.3, 0.4) is 0 Å². The summed E-state index contributed by atoms with van der Waals surface area (Å²) in [7, 11) is 0. The average Bonchev–Trinajstić information content (AvgIpc) is 2.70. The summed E-state index contributed by atoms with van der Waals surface area (Å²) in [6.07, 6.45) is 0. The third-order valence-corrected chi connectivity index (χ3v) is 5.52. The second-order valence-corrected chi connectivity index (χ2v) is 7.85. The topological polar surface area (TPSA) is 70.1 Å². The van der Waals surface area contributed by atoms with E-state index in [2.05, 4.69) is 11.8 Å². The van der Waals surface area contributed by atoms with Gasteiger partial charge in [0, 0.05) is 31.7 Å². The van der Waals surface area contributed by atoms with Crippen molar-refractivity contribution in [2.24, 2.45) is 0 Å². The first-order chi connectivity index (χ1) is 14.3. The Morgan fingerprint density at radius 2 is 1.80 bits per heavy atom. The summed E-state index contributed by atoms with van der Waals surface area (Å²) < 4.78 is 18.8. The van der Waals surface area contributed by atoms with Gasteiger partial charge in [-0.2, -0.15) is 0 Å². The Kier molecular flexibility index (Phi) is 6.72. The van der Waals surface area contributed by atoms with E-state index < -0.39 is 5.97 Å². The van der Waals surface area contributed by atoms with E-state index in [1.54, 1.807) is 36.1 Å². The zero-order valence-corrected chi connectivity index (χ0v) is 17.5. The van der Waals surface area contributed by atoms with Gasteiger partial charge in [-0.05, 0) is 50.1 Å². The van der Waals surface area contributed by atoms with Crippen molar-refractivity contribution in [3.63, 3.8) is 0 Å². The first-order valence-electron chi connectivity index (χ1n) is 10.00. The molecule has 7 heteroatoms. The summed E-state index contributed by atoms with van der Waals surface area (Å²) in [4.78, 5) is 28.3. The third kappa shape index (κ3) is 4.97. The van der Waals surface area contributed by atoms with Crippen molar-refractivity contribution in [3.05, 3.63) is 65.0 Å². The molecule has 1 saturated heterocycles. The van der Waals surface area contributed by atoms with E-state index in [0.29, 0.717) is 25.2 Å². The molecular formula is C23H27FN2O4. The first-order valence-corrected chi connectivity index (χ1v) is 10.00. The number of carboxylic acids is 1. The number of halogens is 1. The molecule has 0 aromatic heterocycles. The highest BCUT2D eigenvalue weighted by Crippen LogP contribution is 2.24. The zero-order valence-electron chi connectivity index (χ0n) is 17.5. The lowest BCUT2D eigenvalue weighted by Crippen LogP contribution is -2.58. The van der Waals surface area contributed by atoms with Crippen LogP contribution in [0.5, 0.6) is 5.75 Å². The van der Waals surface area contributed by atoms with E-state index in [0.717, 1.165) is 5.56 Å². The van der Waals surface area contributed by atoms with Crippen LogP contribution in [-0.2, 0) is 11.3 Å². The van der Waals surface area contributed by atoms with Gasteiger partial charge in [-0.25, -0.2) is 9.18 Å². The molecule has 1 fully saturated rings. The van der Waals surface area contributed by atoms with Crippen LogP contribution >= 0.6 is 0 Å². The van der Waals surface area contributed by atoms with Gasteiger partial charge >= 0.3 is 5.97 Å². The van der Waals surface area contributed by atoms with Crippen LogP contribution in [0, 0.1) is 12.7 Å². The van der Waals surface area contributed by atoms with Crippen LogP contribution in [0.15, 0.2) is 42.5 Å². The number of amides is 1. The molecule has 0 bridgehead atoms. The highest BCUT2D eigenvalue weighted by Gasteiger charge is 2.32. The lowest BCUT2D eigenvalue weighted by molar-refractivity contribution is -0.139. The number of nitrogens with zero attached hydrogens (tertiary/aromatic N) is 2. The molecule has 0 radical (unpaired) electrons. The molecule has 0 saturated carbocycles. The standard InChI is InChI=1S/C23H27FN2O4/c1-15-5-4-6-20(23(28)29)22(15)30-14-21(27)26-12-16(2)25(11-17(26)3)13-18-7-9-19(24)10-8-18/h4-10,16-17H,11-14H2,1-3H3,(H,28,29)/t16-,17+/m0/s1. The fraction of sp³-hybridized carbons (Fsp3) is 0.391. The highest BCUT2D eigenvalue weighted by molar-refractivity contribution is 5.91. The molecule has 3 rings (SSSR count). The number of hydrogen-bond acceptors (Lipinski definition) is 4. The monoisotopic (exact) mass is 414 g/mol. The predicted octanol–water partition coefficient (Wildman–Crippen LogP) is 3.33. The minimum Gasteiger partial charge on any atom is -0.483 e. The van der Waals surface area contributed by atoms with Crippen molar-refractivity contribution >= 4 is 11.9 Å². The number of ether oxygens (including phenoxy) is 1. The molecule has 2 atom stereocenters. The number of aromatic carboxylic acids is 1. The Labute approximate surface area is 175 Å². The Balaban J connectivity index is 1.62. The summed E-state index contributed by atoms with van der Waals surface area (Å²) in [5.41, 5.74) is 1.75. The normalized spacial score (nSPS) is 19.5. The minimum absolute atomic E-state index is 0.0198. The summed E-state index contributed by atoms with van der Waals surface area (Å²) in [5.74, 6) is -1.28. The fourth-order valence-corrected chi connectivity index (χ4v) is 3.82. The van der Waals surface area contributed by atoms with Gasteiger partial charge in [-0.15, -0.1) is 0 Å². The van der Waals surface area contributed by atoms with Crippen LogP contribution < -0.4 is 4.74 Å². The molecule has 1 aliphatic rings. The Morgan fingerprint density at radius 3 is 2.47 bits per heavy atom. The van der Waals surface area contributed by atoms with Crippen molar-refractivity contribution in [1.82, 2.24) is 9.80 Å². The lowest BCUT2D eigenvalue weighted by Gasteiger charge is -2.44. The highest BCUT2D eigenvalue weighted by atomic mass is 19.1. The number of carbonyl (C=O) groups is 2. The van der Waals surface area contributed by atoms with E-state index in [4.69, 9.17) is 4.74 Å². The minimum atomic E-state index is -1.09. The van der Waals surface area contributed by atoms with Gasteiger partial charge in [0.05, 0.1) is 0 Å². The molecule has 0 unspecified atom stereocenters. The van der Waals surface area contributed by atoms with Gasteiger partial charge in [-0.1, -0.05) is 24.3 Å². The molecule has 1 heterocycles. The van der Waals surface area contributed by atoms with E-state index in [1.165, 1.54) is 18.2 Å². The Bertz CT molecular complexity index is 916. The van der Waals surface area contributed by atoms with Crippen LogP contribution in [0.1, 0.15) is 35.3 Å². The maximum Gasteiger partial charge on any atom is 0.339 e. The van der Waals surface area contributed by atoms with Gasteiger partial charge in [0.2, 0.25) is 0 Å². The van der Waals surface area contributed by atoms with E-state index in [9.17, 15) is 19.1 Å². The molecule has 2 aromatic carbocycles. The van der Waals surface area contributed by atoms with E-state index >= 15 is 0 Å². The van der Waals surface area contributed by atoms with Crippen LogP contribution in [0.4, 0.5) is 4.39 Å². The molecule has 2 aromatic rings. The molecule has 1 N–H and O–H groups in total. The number of hydrogen-bond donors (Lipinski definition) is 1. The van der Waals surface area contributed by atoms with E-state index in [1.807, 2.05) is 6.92 Å². The fourth-order valence-electron chi connectivity index (χ4n) is 3.82. The number of carbonyl (C=O) groups excluding carboxylic acids is 1. The van der Waals surface area contributed by atoms with Gasteiger partial charge in [0.1, 0.15) is 17.1 Å². The number of aryl methyl sites for hydroxylation is 1. The SMILES string of the molecule is Cc1cccc(C(=O)O)c1OCC(=O)N1C[C@H](C)N(Cc2ccc(F)cc2)C[C@H]1C. The average molecular weight is 414 g/mol. The van der Waals surface area contributed by atoms with Gasteiger partial charge in [-0.3, -0.25) is 9.69 Å². The molecule has 1 aliphatic heterocycles. The maximum atomic E-state index is 13.1. The summed E-state index contributed by atoms with van der Waals surface area (Å²) in [6, 6.07) is 11.4. The molecule has 30 heavy (non-hydrogen) atoms. The van der Waals surface area contributed by atoms with Crippen molar-refractivity contribution < 1.29 is 23.8 Å². The number of para-hydroxylation sites is 1. The summed E-state index contributed by atoms with van der Waals surface area (Å²) in [6.45, 7) is 7.51. The third-order valence-electron chi connectivity index (χ3n) is 5.52. The number of benzene rings is 2. The Hall–Kier alpha value is -2.93. The smallest absolute Gasteiger partial charge is 0.339 e. The molecular weight excluding hydrogens is 387 g/mol. The van der Waals surface area contributed by atoms with Crippen molar-refractivity contribution in [2.45, 2.75) is 39.4 Å². The van der Waals surface area contributed by atoms with Gasteiger partial charge in [0.25, 0.3) is 5.91 Å². The van der Waals surface area contributed by atoms with Gasteiger partial charge < -0.3 is 14.7 Å². The molecule has 1 amide bonds. The van der Waals surface area contributed by atoms with Crippen LogP contribution in [-0.4, -0.2) is 58.6 Å². The van der Waals surface area contributed by atoms with Crippen molar-refractivity contribution in [2.75, 3.05) is 19.7 Å². The summed E-state index contributed by atoms with van der Waals surface area (Å²) in [5, 5.41) is 9.34. The predicted molar refractivity (Wildman–Crippen MR) is 111 cm³/mol. The number of carboxylic acid groups (broad SMARTS) is 1. The zero-order chi connectivity index (χ0) is 21.8. The van der Waals surface area contributed by atoms with Crippen molar-refractivity contribution in [1.29, 1.82) is 0 Å². The molecule has 160 valence electrons. The number of piperazine rings is 1. The van der Waals surface area contributed by atoms with E-state index in [-0.39, 0.29) is 41.7 Å². The quantitative estimate of drug-likeness (QED) is 0.785. The molecule has 0 spiro atoms.